The monoisotopic (exact) mass is 384 g/mol. The molecule has 3 rings (SSSR count). The minimum Gasteiger partial charge on any atom is -0.366 e. The van der Waals surface area contributed by atoms with Gasteiger partial charge in [-0.1, -0.05) is 0 Å². The maximum absolute atomic E-state index is 11.3. The first-order valence-corrected chi connectivity index (χ1v) is 9.25. The summed E-state index contributed by atoms with van der Waals surface area (Å²) < 4.78 is 22.5. The number of piperidine rings is 1. The molecule has 0 bridgehead atoms. The lowest BCUT2D eigenvalue weighted by atomic mass is 10.1. The van der Waals surface area contributed by atoms with Gasteiger partial charge in [-0.25, -0.2) is 18.5 Å². The minimum atomic E-state index is -3.69. The highest BCUT2D eigenvalue weighted by atomic mass is 35.5. The first-order valence-electron chi connectivity index (χ1n) is 7.71. The van der Waals surface area contributed by atoms with E-state index in [9.17, 15) is 8.42 Å². The standard InChI is InChI=1S/C15H20N6O2S.ClH/c16-24(22,23)13-5-3-11(4-6-13)20-15-18-9-7-14(21-15)19-12-2-1-8-17-10-12;/h3-7,9,12,17H,1-2,8,10H2,(H2,16,22,23)(H2,18,19,20,21);1H/t12-;/m1./s1. The fourth-order valence-electron chi connectivity index (χ4n) is 2.54. The normalized spacial score (nSPS) is 17.4. The highest BCUT2D eigenvalue weighted by Crippen LogP contribution is 2.17. The first-order chi connectivity index (χ1) is 11.5. The van der Waals surface area contributed by atoms with Crippen molar-refractivity contribution < 1.29 is 8.42 Å². The van der Waals surface area contributed by atoms with Crippen LogP contribution in [0.4, 0.5) is 17.5 Å². The summed E-state index contributed by atoms with van der Waals surface area (Å²) in [7, 11) is -3.69. The number of hydrogen-bond donors (Lipinski definition) is 4. The number of nitrogens with two attached hydrogens (primary N) is 1. The Hall–Kier alpha value is -1.94. The molecule has 0 saturated carbocycles. The summed E-state index contributed by atoms with van der Waals surface area (Å²) in [6, 6.07) is 8.29. The SMILES string of the molecule is Cl.NS(=O)(=O)c1ccc(Nc2nccc(N[C@@H]3CCCNC3)n2)cc1. The maximum atomic E-state index is 11.3. The van der Waals surface area contributed by atoms with Crippen molar-refractivity contribution in [2.75, 3.05) is 23.7 Å². The van der Waals surface area contributed by atoms with Crippen LogP contribution in [0.1, 0.15) is 12.8 Å². The van der Waals surface area contributed by atoms with E-state index < -0.39 is 10.0 Å². The van der Waals surface area contributed by atoms with Gasteiger partial charge in [-0.05, 0) is 49.7 Å². The van der Waals surface area contributed by atoms with Crippen LogP contribution in [0.25, 0.3) is 0 Å². The summed E-state index contributed by atoms with van der Waals surface area (Å²) in [5.41, 5.74) is 0.680. The molecule has 10 heteroatoms. The molecule has 0 aliphatic carbocycles. The number of sulfonamides is 1. The van der Waals surface area contributed by atoms with Crippen molar-refractivity contribution in [1.29, 1.82) is 0 Å². The predicted molar refractivity (Wildman–Crippen MR) is 99.9 cm³/mol. The van der Waals surface area contributed by atoms with Crippen LogP contribution < -0.4 is 21.1 Å². The highest BCUT2D eigenvalue weighted by Gasteiger charge is 2.13. The highest BCUT2D eigenvalue weighted by molar-refractivity contribution is 7.89. The van der Waals surface area contributed by atoms with Gasteiger partial charge in [-0.3, -0.25) is 0 Å². The molecule has 0 amide bonds. The molecule has 0 unspecified atom stereocenters. The van der Waals surface area contributed by atoms with E-state index >= 15 is 0 Å². The smallest absolute Gasteiger partial charge is 0.238 e. The molecule has 2 aromatic rings. The Morgan fingerprint density at radius 2 is 1.96 bits per heavy atom. The Labute approximate surface area is 153 Å². The molecule has 0 radical (unpaired) electrons. The molecule has 1 atom stereocenters. The molecular formula is C15H21ClN6O2S. The number of hydrogen-bond acceptors (Lipinski definition) is 7. The molecule has 8 nitrogen and oxygen atoms in total. The van der Waals surface area contributed by atoms with Crippen molar-refractivity contribution in [2.24, 2.45) is 5.14 Å². The van der Waals surface area contributed by atoms with E-state index in [4.69, 9.17) is 5.14 Å². The van der Waals surface area contributed by atoms with Gasteiger partial charge >= 0.3 is 0 Å². The first kappa shape index (κ1) is 19.4. The minimum absolute atomic E-state index is 0. The van der Waals surface area contributed by atoms with Gasteiger partial charge in [0.05, 0.1) is 4.90 Å². The van der Waals surface area contributed by atoms with Crippen LogP contribution >= 0.6 is 12.4 Å². The van der Waals surface area contributed by atoms with E-state index in [0.717, 1.165) is 31.7 Å². The summed E-state index contributed by atoms with van der Waals surface area (Å²) in [4.78, 5) is 8.67. The van der Waals surface area contributed by atoms with Crippen molar-refractivity contribution in [1.82, 2.24) is 15.3 Å². The second-order valence-corrected chi connectivity index (χ2v) is 7.21. The zero-order valence-corrected chi connectivity index (χ0v) is 15.1. The van der Waals surface area contributed by atoms with Gasteiger partial charge < -0.3 is 16.0 Å². The number of aromatic nitrogens is 2. The van der Waals surface area contributed by atoms with Crippen LogP contribution in [0.2, 0.25) is 0 Å². The summed E-state index contributed by atoms with van der Waals surface area (Å²) in [5.74, 6) is 1.19. The maximum Gasteiger partial charge on any atom is 0.238 e. The quantitative estimate of drug-likeness (QED) is 0.615. The second-order valence-electron chi connectivity index (χ2n) is 5.65. The van der Waals surface area contributed by atoms with Gasteiger partial charge in [0.15, 0.2) is 0 Å². The predicted octanol–water partition coefficient (Wildman–Crippen LogP) is 1.45. The van der Waals surface area contributed by atoms with Crippen molar-refractivity contribution >= 4 is 39.9 Å². The molecule has 1 aromatic carbocycles. The summed E-state index contributed by atoms with van der Waals surface area (Å²) >= 11 is 0. The van der Waals surface area contributed by atoms with E-state index in [2.05, 4.69) is 25.9 Å². The number of primary sulfonamides is 1. The van der Waals surface area contributed by atoms with Gasteiger partial charge in [0.25, 0.3) is 0 Å². The Kier molecular flexibility index (Phi) is 6.54. The van der Waals surface area contributed by atoms with Gasteiger partial charge in [0.2, 0.25) is 16.0 Å². The van der Waals surface area contributed by atoms with E-state index in [1.807, 2.05) is 6.07 Å². The van der Waals surface area contributed by atoms with Crippen LogP contribution in [0.15, 0.2) is 41.4 Å². The van der Waals surface area contributed by atoms with Crippen LogP contribution in [-0.4, -0.2) is 37.5 Å². The largest absolute Gasteiger partial charge is 0.366 e. The molecule has 5 N–H and O–H groups in total. The lowest BCUT2D eigenvalue weighted by molar-refractivity contribution is 0.479. The Morgan fingerprint density at radius 3 is 2.60 bits per heavy atom. The number of halogens is 1. The van der Waals surface area contributed by atoms with E-state index in [-0.39, 0.29) is 17.3 Å². The van der Waals surface area contributed by atoms with Crippen molar-refractivity contribution in [3.05, 3.63) is 36.5 Å². The number of nitrogens with one attached hydrogen (secondary N) is 3. The number of nitrogens with zero attached hydrogens (tertiary/aromatic N) is 2. The van der Waals surface area contributed by atoms with Crippen molar-refractivity contribution in [2.45, 2.75) is 23.8 Å². The number of anilines is 3. The number of rotatable bonds is 5. The third-order valence-electron chi connectivity index (χ3n) is 3.74. The Bertz CT molecular complexity index is 794. The molecule has 1 aromatic heterocycles. The van der Waals surface area contributed by atoms with Crippen LogP contribution in [0, 0.1) is 0 Å². The van der Waals surface area contributed by atoms with Crippen LogP contribution in [0.5, 0.6) is 0 Å². The molecular weight excluding hydrogens is 364 g/mol. The summed E-state index contributed by atoms with van der Waals surface area (Å²) in [5, 5.41) is 14.9. The Balaban J connectivity index is 0.00000225. The average Bonchev–Trinajstić information content (AvgIpc) is 2.56. The molecule has 2 heterocycles. The van der Waals surface area contributed by atoms with Gasteiger partial charge in [0.1, 0.15) is 5.82 Å². The lowest BCUT2D eigenvalue weighted by Crippen LogP contribution is -2.38. The van der Waals surface area contributed by atoms with Gasteiger partial charge in [0, 0.05) is 24.5 Å². The molecule has 1 aliphatic heterocycles. The molecule has 1 aliphatic rings. The zero-order chi connectivity index (χ0) is 17.0. The molecule has 136 valence electrons. The number of benzene rings is 1. The van der Waals surface area contributed by atoms with Crippen molar-refractivity contribution in [3.63, 3.8) is 0 Å². The van der Waals surface area contributed by atoms with Crippen molar-refractivity contribution in [3.8, 4) is 0 Å². The van der Waals surface area contributed by atoms with E-state index in [1.165, 1.54) is 12.1 Å². The molecule has 1 fully saturated rings. The van der Waals surface area contributed by atoms with Gasteiger partial charge in [-0.2, -0.15) is 4.98 Å². The second kappa shape index (κ2) is 8.43. The Morgan fingerprint density at radius 1 is 1.20 bits per heavy atom. The molecule has 25 heavy (non-hydrogen) atoms. The van der Waals surface area contributed by atoms with Crippen LogP contribution in [0.3, 0.4) is 0 Å². The fraction of sp³-hybridized carbons (Fsp3) is 0.333. The van der Waals surface area contributed by atoms with Crippen LogP contribution in [-0.2, 0) is 10.0 Å². The molecule has 0 spiro atoms. The van der Waals surface area contributed by atoms with Gasteiger partial charge in [-0.15, -0.1) is 12.4 Å². The van der Waals surface area contributed by atoms with E-state index in [1.54, 1.807) is 18.3 Å². The lowest BCUT2D eigenvalue weighted by Gasteiger charge is -2.24. The topological polar surface area (TPSA) is 122 Å². The fourth-order valence-corrected chi connectivity index (χ4v) is 3.06. The summed E-state index contributed by atoms with van der Waals surface area (Å²) in [6.45, 7) is 1.98. The third kappa shape index (κ3) is 5.53. The van der Waals surface area contributed by atoms with E-state index in [0.29, 0.717) is 17.7 Å². The zero-order valence-electron chi connectivity index (χ0n) is 13.5. The summed E-state index contributed by atoms with van der Waals surface area (Å²) in [6.07, 6.45) is 3.92. The third-order valence-corrected chi connectivity index (χ3v) is 4.67. The molecule has 1 saturated heterocycles. The average molecular weight is 385 g/mol.